The van der Waals surface area contributed by atoms with E-state index in [2.05, 4.69) is 15.9 Å². The third kappa shape index (κ3) is 4.95. The maximum atomic E-state index is 11.8. The summed E-state index contributed by atoms with van der Waals surface area (Å²) in [4.78, 5) is 11.4. The minimum absolute atomic E-state index is 0.0998. The average Bonchev–Trinajstić information content (AvgIpc) is 3.23. The lowest BCUT2D eigenvalue weighted by Gasteiger charge is -2.15. The molecule has 0 unspecified atom stereocenters. The van der Waals surface area contributed by atoms with E-state index in [9.17, 15) is 10.1 Å². The Morgan fingerprint density at radius 3 is 1.84 bits per heavy atom. The van der Waals surface area contributed by atoms with E-state index in [-0.39, 0.29) is 12.3 Å². The number of halogens is 1. The number of nitro benzene ring substituents is 1. The molecule has 0 saturated heterocycles. The zero-order valence-electron chi connectivity index (χ0n) is 16.4. The maximum absolute atomic E-state index is 11.8. The second-order valence-electron chi connectivity index (χ2n) is 6.76. The number of hydrogen-bond donors (Lipinski definition) is 0. The van der Waals surface area contributed by atoms with E-state index in [1.54, 1.807) is 6.07 Å². The van der Waals surface area contributed by atoms with E-state index in [0.717, 1.165) is 11.1 Å². The first kappa shape index (κ1) is 20.7. The standard InChI is InChI=1S/C24H18BrNO5/c25-21-16-29-15-20(21)19-11-23(30-13-17-7-3-1-4-8-17)24(12-22(19)26(27)28)31-14-18-9-5-2-6-10-18/h1-12,15-16H,13-14H2. The molecule has 3 aromatic carbocycles. The Labute approximate surface area is 187 Å². The largest absolute Gasteiger partial charge is 0.485 e. The second kappa shape index (κ2) is 9.49. The number of benzene rings is 3. The van der Waals surface area contributed by atoms with Gasteiger partial charge in [-0.05, 0) is 33.1 Å². The van der Waals surface area contributed by atoms with Crippen LogP contribution in [0.3, 0.4) is 0 Å². The Morgan fingerprint density at radius 2 is 1.35 bits per heavy atom. The molecule has 0 spiro atoms. The Morgan fingerprint density at radius 1 is 0.806 bits per heavy atom. The lowest BCUT2D eigenvalue weighted by molar-refractivity contribution is -0.384. The van der Waals surface area contributed by atoms with Crippen LogP contribution in [0.2, 0.25) is 0 Å². The van der Waals surface area contributed by atoms with Gasteiger partial charge in [0.05, 0.1) is 27.3 Å². The van der Waals surface area contributed by atoms with E-state index >= 15 is 0 Å². The SMILES string of the molecule is O=[N+]([O-])c1cc(OCc2ccccc2)c(OCc2ccccc2)cc1-c1cocc1Br. The molecule has 1 heterocycles. The highest BCUT2D eigenvalue weighted by atomic mass is 79.9. The van der Waals surface area contributed by atoms with Crippen LogP contribution in [-0.2, 0) is 13.2 Å². The average molecular weight is 480 g/mol. The number of nitrogens with zero attached hydrogens (tertiary/aromatic N) is 1. The fraction of sp³-hybridized carbons (Fsp3) is 0.0833. The number of ether oxygens (including phenoxy) is 2. The summed E-state index contributed by atoms with van der Waals surface area (Å²) in [5.74, 6) is 0.711. The highest BCUT2D eigenvalue weighted by Gasteiger charge is 2.24. The molecular formula is C24H18BrNO5. The van der Waals surface area contributed by atoms with Gasteiger partial charge in [0.15, 0.2) is 11.5 Å². The minimum Gasteiger partial charge on any atom is -0.485 e. The summed E-state index contributed by atoms with van der Waals surface area (Å²) in [5.41, 5.74) is 2.76. The van der Waals surface area contributed by atoms with Crippen molar-refractivity contribution in [2.75, 3.05) is 0 Å². The Bertz CT molecular complexity index is 1180. The van der Waals surface area contributed by atoms with Crippen molar-refractivity contribution in [1.82, 2.24) is 0 Å². The summed E-state index contributed by atoms with van der Waals surface area (Å²) < 4.78 is 17.8. The van der Waals surface area contributed by atoms with E-state index in [4.69, 9.17) is 13.9 Å². The molecular weight excluding hydrogens is 462 g/mol. The second-order valence-corrected chi connectivity index (χ2v) is 7.61. The van der Waals surface area contributed by atoms with Crippen LogP contribution in [0.1, 0.15) is 11.1 Å². The van der Waals surface area contributed by atoms with Gasteiger partial charge in [-0.3, -0.25) is 10.1 Å². The van der Waals surface area contributed by atoms with Gasteiger partial charge in [0.25, 0.3) is 5.69 Å². The maximum Gasteiger partial charge on any atom is 0.281 e. The molecule has 156 valence electrons. The van der Waals surface area contributed by atoms with Gasteiger partial charge in [0.2, 0.25) is 0 Å². The third-order valence-electron chi connectivity index (χ3n) is 4.64. The monoisotopic (exact) mass is 479 g/mol. The molecule has 0 saturated carbocycles. The van der Waals surface area contributed by atoms with Crippen molar-refractivity contribution in [2.24, 2.45) is 0 Å². The van der Waals surface area contributed by atoms with Crippen LogP contribution in [0, 0.1) is 10.1 Å². The first-order valence-electron chi connectivity index (χ1n) is 9.50. The molecule has 0 N–H and O–H groups in total. The molecule has 0 aliphatic heterocycles. The van der Waals surface area contributed by atoms with Crippen molar-refractivity contribution in [3.05, 3.63) is 111 Å². The van der Waals surface area contributed by atoms with Crippen LogP contribution in [0.4, 0.5) is 5.69 Å². The molecule has 0 radical (unpaired) electrons. The van der Waals surface area contributed by atoms with Gasteiger partial charge in [-0.15, -0.1) is 0 Å². The van der Waals surface area contributed by atoms with Crippen molar-refractivity contribution in [2.45, 2.75) is 13.2 Å². The Kier molecular flexibility index (Phi) is 6.33. The van der Waals surface area contributed by atoms with Gasteiger partial charge >= 0.3 is 0 Å². The Balaban J connectivity index is 1.72. The number of hydrogen-bond acceptors (Lipinski definition) is 5. The van der Waals surface area contributed by atoms with Crippen LogP contribution in [-0.4, -0.2) is 4.92 Å². The van der Waals surface area contributed by atoms with Crippen molar-refractivity contribution < 1.29 is 18.8 Å². The first-order chi connectivity index (χ1) is 15.1. The summed E-state index contributed by atoms with van der Waals surface area (Å²) in [5, 5.41) is 11.8. The van der Waals surface area contributed by atoms with Crippen molar-refractivity contribution in [1.29, 1.82) is 0 Å². The van der Waals surface area contributed by atoms with Crippen LogP contribution in [0.25, 0.3) is 11.1 Å². The Hall–Kier alpha value is -3.58. The van der Waals surface area contributed by atoms with Gasteiger partial charge in [-0.25, -0.2) is 0 Å². The zero-order chi connectivity index (χ0) is 21.6. The fourth-order valence-electron chi connectivity index (χ4n) is 3.09. The summed E-state index contributed by atoms with van der Waals surface area (Å²) in [6.45, 7) is 0.556. The minimum atomic E-state index is -0.439. The molecule has 0 fully saturated rings. The zero-order valence-corrected chi connectivity index (χ0v) is 17.9. The van der Waals surface area contributed by atoms with Gasteiger partial charge in [0.1, 0.15) is 19.5 Å². The van der Waals surface area contributed by atoms with Crippen molar-refractivity contribution in [3.8, 4) is 22.6 Å². The fourth-order valence-corrected chi connectivity index (χ4v) is 3.50. The number of nitro groups is 1. The predicted octanol–water partition coefficient (Wildman–Crippen LogP) is 6.78. The molecule has 7 heteroatoms. The molecule has 31 heavy (non-hydrogen) atoms. The van der Waals surface area contributed by atoms with Gasteiger partial charge in [0, 0.05) is 5.56 Å². The quantitative estimate of drug-likeness (QED) is 0.205. The van der Waals surface area contributed by atoms with Crippen LogP contribution in [0.5, 0.6) is 11.5 Å². The van der Waals surface area contributed by atoms with E-state index in [1.807, 2.05) is 60.7 Å². The highest BCUT2D eigenvalue weighted by molar-refractivity contribution is 9.10. The molecule has 0 atom stereocenters. The summed E-state index contributed by atoms with van der Waals surface area (Å²) in [7, 11) is 0. The predicted molar refractivity (Wildman–Crippen MR) is 120 cm³/mol. The summed E-state index contributed by atoms with van der Waals surface area (Å²) >= 11 is 3.38. The summed E-state index contributed by atoms with van der Waals surface area (Å²) in [6.07, 6.45) is 2.93. The van der Waals surface area contributed by atoms with Crippen LogP contribution in [0.15, 0.2) is 94.2 Å². The first-order valence-corrected chi connectivity index (χ1v) is 10.3. The molecule has 0 bridgehead atoms. The lowest BCUT2D eigenvalue weighted by Crippen LogP contribution is -2.02. The third-order valence-corrected chi connectivity index (χ3v) is 5.25. The van der Waals surface area contributed by atoms with E-state index in [0.29, 0.717) is 33.7 Å². The van der Waals surface area contributed by atoms with Gasteiger partial charge < -0.3 is 13.9 Å². The molecule has 0 aliphatic rings. The highest BCUT2D eigenvalue weighted by Crippen LogP contribution is 2.43. The lowest BCUT2D eigenvalue weighted by atomic mass is 10.1. The molecule has 4 aromatic rings. The molecule has 0 aliphatic carbocycles. The number of rotatable bonds is 8. The summed E-state index contributed by atoms with van der Waals surface area (Å²) in [6, 6.07) is 22.3. The smallest absolute Gasteiger partial charge is 0.281 e. The van der Waals surface area contributed by atoms with E-state index < -0.39 is 4.92 Å². The van der Waals surface area contributed by atoms with Gasteiger partial charge in [-0.2, -0.15) is 0 Å². The van der Waals surface area contributed by atoms with Crippen LogP contribution >= 0.6 is 15.9 Å². The molecule has 4 rings (SSSR count). The molecule has 0 amide bonds. The van der Waals surface area contributed by atoms with Crippen molar-refractivity contribution >= 4 is 21.6 Å². The normalized spacial score (nSPS) is 10.6. The topological polar surface area (TPSA) is 74.7 Å². The molecule has 6 nitrogen and oxygen atoms in total. The van der Waals surface area contributed by atoms with Gasteiger partial charge in [-0.1, -0.05) is 60.7 Å². The molecule has 1 aromatic heterocycles. The van der Waals surface area contributed by atoms with Crippen LogP contribution < -0.4 is 9.47 Å². The van der Waals surface area contributed by atoms with Crippen molar-refractivity contribution in [3.63, 3.8) is 0 Å². The number of furan rings is 1. The van der Waals surface area contributed by atoms with E-state index in [1.165, 1.54) is 18.6 Å².